The average molecular weight is 273 g/mol. The molecule has 0 aromatic heterocycles. The molecule has 0 unspecified atom stereocenters. The van der Waals surface area contributed by atoms with Gasteiger partial charge in [0.2, 0.25) is 0 Å². The number of carbonyl (C=O) groups is 1. The van der Waals surface area contributed by atoms with Crippen molar-refractivity contribution in [3.8, 4) is 0 Å². The quantitative estimate of drug-likeness (QED) is 0.643. The van der Waals surface area contributed by atoms with Gasteiger partial charge in [0.1, 0.15) is 0 Å². The number of anilines is 1. The van der Waals surface area contributed by atoms with Crippen molar-refractivity contribution in [1.29, 1.82) is 0 Å². The first-order valence-electron chi connectivity index (χ1n) is 7.67. The Kier molecular flexibility index (Phi) is 3.92. The number of nitrogens with one attached hydrogen (secondary N) is 1. The van der Waals surface area contributed by atoms with Crippen LogP contribution in [0.5, 0.6) is 0 Å². The molecule has 108 valence electrons. The molecule has 1 saturated carbocycles. The smallest absolute Gasteiger partial charge is 0.254 e. The number of amides is 1. The summed E-state index contributed by atoms with van der Waals surface area (Å²) in [6.07, 6.45) is 7.52. The van der Waals surface area contributed by atoms with Crippen LogP contribution in [0.1, 0.15) is 48.9 Å². The van der Waals surface area contributed by atoms with Gasteiger partial charge >= 0.3 is 0 Å². The summed E-state index contributed by atoms with van der Waals surface area (Å²) in [6.45, 7) is 0.914. The van der Waals surface area contributed by atoms with Crippen molar-refractivity contribution in [3.63, 3.8) is 0 Å². The van der Waals surface area contributed by atoms with E-state index < -0.39 is 0 Å². The highest BCUT2D eigenvalue weighted by Crippen LogP contribution is 2.35. The highest BCUT2D eigenvalue weighted by Gasteiger charge is 2.35. The minimum absolute atomic E-state index is 0.185. The molecule has 0 spiro atoms. The van der Waals surface area contributed by atoms with Crippen LogP contribution >= 0.6 is 0 Å². The lowest BCUT2D eigenvalue weighted by Gasteiger charge is -2.44. The zero-order chi connectivity index (χ0) is 13.9. The van der Waals surface area contributed by atoms with Crippen LogP contribution in [0.3, 0.4) is 0 Å². The summed E-state index contributed by atoms with van der Waals surface area (Å²) >= 11 is 0. The van der Waals surface area contributed by atoms with Gasteiger partial charge in [-0.2, -0.15) is 0 Å². The second-order valence-corrected chi connectivity index (χ2v) is 5.97. The number of rotatable bonds is 2. The molecule has 1 aliphatic heterocycles. The van der Waals surface area contributed by atoms with Crippen LogP contribution in [0.2, 0.25) is 0 Å². The summed E-state index contributed by atoms with van der Waals surface area (Å²) in [5, 5.41) is 0. The van der Waals surface area contributed by atoms with Crippen molar-refractivity contribution >= 4 is 11.6 Å². The largest absolute Gasteiger partial charge is 0.335 e. The number of benzene rings is 1. The fourth-order valence-corrected chi connectivity index (χ4v) is 3.75. The van der Waals surface area contributed by atoms with E-state index in [1.165, 1.54) is 32.1 Å². The zero-order valence-corrected chi connectivity index (χ0v) is 11.8. The molecule has 1 aromatic carbocycles. The van der Waals surface area contributed by atoms with E-state index in [0.717, 1.165) is 30.1 Å². The summed E-state index contributed by atoms with van der Waals surface area (Å²) < 4.78 is 0. The van der Waals surface area contributed by atoms with Crippen molar-refractivity contribution < 1.29 is 4.79 Å². The molecule has 2 atom stereocenters. The van der Waals surface area contributed by atoms with Crippen LogP contribution < -0.4 is 11.3 Å². The molecule has 3 N–H and O–H groups in total. The molecule has 0 bridgehead atoms. The van der Waals surface area contributed by atoms with Gasteiger partial charge in [0, 0.05) is 23.8 Å². The van der Waals surface area contributed by atoms with E-state index in [4.69, 9.17) is 5.84 Å². The fourth-order valence-electron chi connectivity index (χ4n) is 3.75. The van der Waals surface area contributed by atoms with Crippen LogP contribution in [-0.2, 0) is 0 Å². The lowest BCUT2D eigenvalue weighted by Crippen LogP contribution is -2.49. The molecular formula is C16H23N3O. The zero-order valence-electron chi connectivity index (χ0n) is 11.8. The number of likely N-dealkylation sites (tertiary alicyclic amines) is 1. The molecule has 1 aliphatic carbocycles. The van der Waals surface area contributed by atoms with Crippen LogP contribution in [0.15, 0.2) is 24.3 Å². The number of hydrogen-bond acceptors (Lipinski definition) is 3. The maximum absolute atomic E-state index is 12.7. The molecule has 4 heteroatoms. The third-order valence-corrected chi connectivity index (χ3v) is 4.80. The summed E-state index contributed by atoms with van der Waals surface area (Å²) in [6, 6.07) is 7.91. The van der Waals surface area contributed by atoms with Gasteiger partial charge in [-0.3, -0.25) is 10.6 Å². The Morgan fingerprint density at radius 3 is 2.55 bits per heavy atom. The number of hydrazine groups is 1. The van der Waals surface area contributed by atoms with Gasteiger partial charge < -0.3 is 10.3 Å². The maximum Gasteiger partial charge on any atom is 0.254 e. The molecule has 20 heavy (non-hydrogen) atoms. The third kappa shape index (κ3) is 2.52. The van der Waals surface area contributed by atoms with E-state index in [2.05, 4.69) is 10.3 Å². The van der Waals surface area contributed by atoms with Gasteiger partial charge in [-0.15, -0.1) is 0 Å². The minimum atomic E-state index is 0.185. The summed E-state index contributed by atoms with van der Waals surface area (Å²) in [7, 11) is 0. The van der Waals surface area contributed by atoms with Crippen LogP contribution in [0.4, 0.5) is 5.69 Å². The Hall–Kier alpha value is -1.55. The fraction of sp³-hybridized carbons (Fsp3) is 0.562. The van der Waals surface area contributed by atoms with Crippen molar-refractivity contribution in [2.24, 2.45) is 11.8 Å². The lowest BCUT2D eigenvalue weighted by atomic mass is 9.78. The van der Waals surface area contributed by atoms with E-state index in [-0.39, 0.29) is 5.91 Å². The predicted molar refractivity (Wildman–Crippen MR) is 80.3 cm³/mol. The Morgan fingerprint density at radius 1 is 1.10 bits per heavy atom. The van der Waals surface area contributed by atoms with Crippen molar-refractivity contribution in [2.75, 3.05) is 12.0 Å². The van der Waals surface area contributed by atoms with E-state index in [1.54, 1.807) is 0 Å². The third-order valence-electron chi connectivity index (χ3n) is 4.80. The van der Waals surface area contributed by atoms with Gasteiger partial charge in [-0.25, -0.2) is 0 Å². The Balaban J connectivity index is 1.77. The molecule has 2 aliphatic rings. The van der Waals surface area contributed by atoms with Gasteiger partial charge in [0.05, 0.1) is 0 Å². The SMILES string of the molecule is NNc1ccc(C(=O)N2CCC[C@H]3CCCC[C@H]32)cc1. The summed E-state index contributed by atoms with van der Waals surface area (Å²) in [4.78, 5) is 14.9. The van der Waals surface area contributed by atoms with Crippen molar-refractivity contribution in [3.05, 3.63) is 29.8 Å². The maximum atomic E-state index is 12.7. The molecular weight excluding hydrogens is 250 g/mol. The van der Waals surface area contributed by atoms with E-state index in [1.807, 2.05) is 24.3 Å². The predicted octanol–water partition coefficient (Wildman–Crippen LogP) is 2.77. The van der Waals surface area contributed by atoms with Gasteiger partial charge in [0.25, 0.3) is 5.91 Å². The number of fused-ring (bicyclic) bond motifs is 1. The average Bonchev–Trinajstić information content (AvgIpc) is 2.54. The van der Waals surface area contributed by atoms with E-state index in [0.29, 0.717) is 6.04 Å². The van der Waals surface area contributed by atoms with Gasteiger partial charge in [-0.1, -0.05) is 12.8 Å². The number of nitrogens with two attached hydrogens (primary N) is 1. The molecule has 0 radical (unpaired) electrons. The van der Waals surface area contributed by atoms with Gasteiger partial charge in [0.15, 0.2) is 0 Å². The number of hydrogen-bond donors (Lipinski definition) is 2. The van der Waals surface area contributed by atoms with Gasteiger partial charge in [-0.05, 0) is 55.9 Å². The van der Waals surface area contributed by atoms with Crippen molar-refractivity contribution in [1.82, 2.24) is 4.90 Å². The van der Waals surface area contributed by atoms with Crippen LogP contribution in [0.25, 0.3) is 0 Å². The van der Waals surface area contributed by atoms with Crippen LogP contribution in [-0.4, -0.2) is 23.4 Å². The monoisotopic (exact) mass is 273 g/mol. The number of piperidine rings is 1. The first-order chi connectivity index (χ1) is 9.79. The molecule has 2 fully saturated rings. The second-order valence-electron chi connectivity index (χ2n) is 5.97. The lowest BCUT2D eigenvalue weighted by molar-refractivity contribution is 0.0391. The normalized spacial score (nSPS) is 25.9. The Bertz CT molecular complexity index is 469. The second kappa shape index (κ2) is 5.83. The Labute approximate surface area is 120 Å². The first kappa shape index (κ1) is 13.4. The molecule has 1 aromatic rings. The number of nitrogens with zero attached hydrogens (tertiary/aromatic N) is 1. The molecule has 1 amide bonds. The van der Waals surface area contributed by atoms with E-state index in [9.17, 15) is 4.79 Å². The number of carbonyl (C=O) groups excluding carboxylic acids is 1. The highest BCUT2D eigenvalue weighted by atomic mass is 16.2. The summed E-state index contributed by atoms with van der Waals surface area (Å²) in [5.41, 5.74) is 4.20. The summed E-state index contributed by atoms with van der Waals surface area (Å²) in [5.74, 6) is 6.27. The first-order valence-corrected chi connectivity index (χ1v) is 7.67. The van der Waals surface area contributed by atoms with Crippen molar-refractivity contribution in [2.45, 2.75) is 44.6 Å². The molecule has 1 heterocycles. The number of nitrogen functional groups attached to an aromatic ring is 1. The minimum Gasteiger partial charge on any atom is -0.335 e. The van der Waals surface area contributed by atoms with Crippen LogP contribution in [0, 0.1) is 5.92 Å². The molecule has 4 nitrogen and oxygen atoms in total. The standard InChI is InChI=1S/C16H23N3O/c17-18-14-9-7-13(8-10-14)16(20)19-11-3-5-12-4-1-2-6-15(12)19/h7-10,12,15,18H,1-6,11,17H2/t12-,15-/m1/s1. The topological polar surface area (TPSA) is 58.4 Å². The molecule has 1 saturated heterocycles. The van der Waals surface area contributed by atoms with E-state index >= 15 is 0 Å². The highest BCUT2D eigenvalue weighted by molar-refractivity contribution is 5.94. The molecule has 3 rings (SSSR count). The Morgan fingerprint density at radius 2 is 1.80 bits per heavy atom.